The molecule has 8 heteroatoms. The van der Waals surface area contributed by atoms with Gasteiger partial charge in [0.05, 0.1) is 10.5 Å². The minimum Gasteiger partial charge on any atom is -0.452 e. The molecule has 0 aromatic heterocycles. The molecule has 0 spiro atoms. The Morgan fingerprint density at radius 1 is 1.26 bits per heavy atom. The first-order valence-electron chi connectivity index (χ1n) is 8.99. The number of primary amides is 1. The van der Waals surface area contributed by atoms with Crippen LogP contribution in [0.2, 0.25) is 0 Å². The summed E-state index contributed by atoms with van der Waals surface area (Å²) in [4.78, 5) is 22.9. The highest BCUT2D eigenvalue weighted by molar-refractivity contribution is 7.89. The van der Waals surface area contributed by atoms with Crippen molar-refractivity contribution in [3.05, 3.63) is 29.8 Å². The zero-order chi connectivity index (χ0) is 20.0. The Balaban J connectivity index is 1.87. The predicted molar refractivity (Wildman–Crippen MR) is 99.3 cm³/mol. The smallest absolute Gasteiger partial charge is 0.338 e. The molecule has 1 aliphatic heterocycles. The van der Waals surface area contributed by atoms with E-state index in [2.05, 4.69) is 20.8 Å². The normalized spacial score (nSPS) is 27.3. The second-order valence-electron chi connectivity index (χ2n) is 8.83. The second-order valence-corrected chi connectivity index (χ2v) is 10.7. The second kappa shape index (κ2) is 6.60. The molecule has 1 aliphatic carbocycles. The highest BCUT2D eigenvalue weighted by Crippen LogP contribution is 2.53. The fourth-order valence-electron chi connectivity index (χ4n) is 4.83. The van der Waals surface area contributed by atoms with Crippen LogP contribution in [0.3, 0.4) is 0 Å². The van der Waals surface area contributed by atoms with E-state index in [4.69, 9.17) is 10.5 Å². The topological polar surface area (TPSA) is 107 Å². The summed E-state index contributed by atoms with van der Waals surface area (Å²) in [6.45, 7) is 6.46. The van der Waals surface area contributed by atoms with Crippen LogP contribution < -0.4 is 5.73 Å². The number of esters is 1. The van der Waals surface area contributed by atoms with Gasteiger partial charge in [0.1, 0.15) is 0 Å². The average Bonchev–Trinajstić information content (AvgIpc) is 2.82. The molecular weight excluding hydrogens is 368 g/mol. The summed E-state index contributed by atoms with van der Waals surface area (Å²) < 4.78 is 32.9. The number of sulfonamides is 1. The maximum atomic E-state index is 13.3. The lowest BCUT2D eigenvalue weighted by Gasteiger charge is -2.39. The van der Waals surface area contributed by atoms with Gasteiger partial charge >= 0.3 is 5.97 Å². The number of fused-ring (bicyclic) bond motifs is 2. The van der Waals surface area contributed by atoms with E-state index in [-0.39, 0.29) is 27.3 Å². The van der Waals surface area contributed by atoms with Crippen LogP contribution in [0.5, 0.6) is 0 Å². The minimum atomic E-state index is -3.73. The van der Waals surface area contributed by atoms with Gasteiger partial charge in [-0.05, 0) is 48.3 Å². The number of hydrogen-bond acceptors (Lipinski definition) is 5. The van der Waals surface area contributed by atoms with Gasteiger partial charge in [0.25, 0.3) is 5.91 Å². The fourth-order valence-corrected chi connectivity index (χ4v) is 6.65. The highest BCUT2D eigenvalue weighted by atomic mass is 32.2. The van der Waals surface area contributed by atoms with Crippen LogP contribution >= 0.6 is 0 Å². The number of benzene rings is 1. The van der Waals surface area contributed by atoms with Gasteiger partial charge in [0.15, 0.2) is 6.61 Å². The standard InChI is InChI=1S/C19H26N2O5S/c1-18(2)8-14-9-19(3,11-18)12-21(14)27(24,25)15-6-4-5-13(7-15)17(23)26-10-16(20)22/h4-7,14H,8-12H2,1-3H3,(H2,20,22)/t14-,19-/m0/s1. The molecular formula is C19H26N2O5S. The lowest BCUT2D eigenvalue weighted by Crippen LogP contribution is -2.37. The third-order valence-corrected chi connectivity index (χ3v) is 7.28. The number of hydrogen-bond donors (Lipinski definition) is 1. The zero-order valence-electron chi connectivity index (χ0n) is 15.9. The maximum Gasteiger partial charge on any atom is 0.338 e. The summed E-state index contributed by atoms with van der Waals surface area (Å²) in [5.74, 6) is -1.55. The quantitative estimate of drug-likeness (QED) is 0.768. The molecule has 2 bridgehead atoms. The Bertz CT molecular complexity index is 880. The molecule has 0 unspecified atom stereocenters. The van der Waals surface area contributed by atoms with Gasteiger partial charge in [-0.3, -0.25) is 4.79 Å². The molecule has 2 aliphatic rings. The Hall–Kier alpha value is -1.93. The summed E-state index contributed by atoms with van der Waals surface area (Å²) in [5, 5.41) is 0. The largest absolute Gasteiger partial charge is 0.452 e. The van der Waals surface area contributed by atoms with E-state index >= 15 is 0 Å². The van der Waals surface area contributed by atoms with Crippen molar-refractivity contribution in [1.29, 1.82) is 0 Å². The molecule has 27 heavy (non-hydrogen) atoms. The molecule has 1 amide bonds. The molecule has 2 N–H and O–H groups in total. The molecule has 2 fully saturated rings. The Morgan fingerprint density at radius 3 is 2.63 bits per heavy atom. The summed E-state index contributed by atoms with van der Waals surface area (Å²) in [6.07, 6.45) is 2.67. The van der Waals surface area contributed by atoms with Crippen LogP contribution in [-0.2, 0) is 19.6 Å². The number of nitrogens with two attached hydrogens (primary N) is 1. The van der Waals surface area contributed by atoms with Gasteiger partial charge in [-0.25, -0.2) is 13.2 Å². The van der Waals surface area contributed by atoms with Crippen LogP contribution in [0.4, 0.5) is 0 Å². The van der Waals surface area contributed by atoms with E-state index in [1.165, 1.54) is 24.3 Å². The van der Waals surface area contributed by atoms with Gasteiger partial charge in [0, 0.05) is 12.6 Å². The summed E-state index contributed by atoms with van der Waals surface area (Å²) in [5.41, 5.74) is 5.11. The Morgan fingerprint density at radius 2 is 1.96 bits per heavy atom. The lowest BCUT2D eigenvalue weighted by molar-refractivity contribution is -0.121. The molecule has 1 saturated heterocycles. The SMILES string of the molecule is CC1(C)C[C@H]2C[C@](C)(CN2S(=O)(=O)c2cccc(C(=O)OCC(N)=O)c2)C1. The Labute approximate surface area is 159 Å². The first kappa shape index (κ1) is 19.8. The van der Waals surface area contributed by atoms with E-state index in [9.17, 15) is 18.0 Å². The molecule has 7 nitrogen and oxygen atoms in total. The molecule has 3 rings (SSSR count). The van der Waals surface area contributed by atoms with Crippen molar-refractivity contribution in [1.82, 2.24) is 4.31 Å². The first-order chi connectivity index (χ1) is 12.4. The zero-order valence-corrected chi connectivity index (χ0v) is 16.7. The van der Waals surface area contributed by atoms with Gasteiger partial charge in [-0.1, -0.05) is 26.8 Å². The lowest BCUT2D eigenvalue weighted by atomic mass is 9.65. The van der Waals surface area contributed by atoms with E-state index < -0.39 is 28.5 Å². The van der Waals surface area contributed by atoms with Crippen molar-refractivity contribution in [3.8, 4) is 0 Å². The summed E-state index contributed by atoms with van der Waals surface area (Å²) in [7, 11) is -3.73. The highest BCUT2D eigenvalue weighted by Gasteiger charge is 2.53. The predicted octanol–water partition coefficient (Wildman–Crippen LogP) is 1.92. The fraction of sp³-hybridized carbons (Fsp3) is 0.579. The van der Waals surface area contributed by atoms with E-state index in [0.717, 1.165) is 19.3 Å². The molecule has 2 atom stereocenters. The van der Waals surface area contributed by atoms with Gasteiger partial charge in [0.2, 0.25) is 10.0 Å². The van der Waals surface area contributed by atoms with Gasteiger partial charge < -0.3 is 10.5 Å². The molecule has 1 aromatic carbocycles. The van der Waals surface area contributed by atoms with Crippen LogP contribution in [0.25, 0.3) is 0 Å². The van der Waals surface area contributed by atoms with E-state index in [1.54, 1.807) is 4.31 Å². The minimum absolute atomic E-state index is 0.0302. The van der Waals surface area contributed by atoms with Crippen LogP contribution in [-0.4, -0.2) is 43.8 Å². The van der Waals surface area contributed by atoms with Crippen molar-refractivity contribution in [3.63, 3.8) is 0 Å². The van der Waals surface area contributed by atoms with Crippen molar-refractivity contribution < 1.29 is 22.7 Å². The first-order valence-corrected chi connectivity index (χ1v) is 10.4. The van der Waals surface area contributed by atoms with Crippen LogP contribution in [0, 0.1) is 10.8 Å². The molecule has 0 radical (unpaired) electrons. The molecule has 1 saturated carbocycles. The number of carbonyl (C=O) groups excluding carboxylic acids is 2. The van der Waals surface area contributed by atoms with Crippen molar-refractivity contribution in [2.45, 2.75) is 51.0 Å². The number of ether oxygens (including phenoxy) is 1. The van der Waals surface area contributed by atoms with Crippen molar-refractivity contribution >= 4 is 21.9 Å². The van der Waals surface area contributed by atoms with E-state index in [0.29, 0.717) is 6.54 Å². The van der Waals surface area contributed by atoms with Crippen LogP contribution in [0.1, 0.15) is 50.4 Å². The number of nitrogens with zero attached hydrogens (tertiary/aromatic N) is 1. The van der Waals surface area contributed by atoms with Crippen molar-refractivity contribution in [2.75, 3.05) is 13.2 Å². The maximum absolute atomic E-state index is 13.3. The third-order valence-electron chi connectivity index (χ3n) is 5.39. The number of rotatable bonds is 5. The Kier molecular flexibility index (Phi) is 4.84. The molecule has 1 aromatic rings. The van der Waals surface area contributed by atoms with Gasteiger partial charge in [-0.2, -0.15) is 4.31 Å². The number of carbonyl (C=O) groups is 2. The summed E-state index contributed by atoms with van der Waals surface area (Å²) in [6, 6.07) is 5.70. The van der Waals surface area contributed by atoms with Gasteiger partial charge in [-0.15, -0.1) is 0 Å². The average molecular weight is 394 g/mol. The summed E-state index contributed by atoms with van der Waals surface area (Å²) >= 11 is 0. The number of amides is 1. The van der Waals surface area contributed by atoms with Crippen molar-refractivity contribution in [2.24, 2.45) is 16.6 Å². The monoisotopic (exact) mass is 394 g/mol. The molecule has 148 valence electrons. The third kappa shape index (κ3) is 4.01. The van der Waals surface area contributed by atoms with Crippen LogP contribution in [0.15, 0.2) is 29.2 Å². The van der Waals surface area contributed by atoms with E-state index in [1.807, 2.05) is 0 Å². The molecule has 1 heterocycles.